The zero-order valence-corrected chi connectivity index (χ0v) is 19.0. The van der Waals surface area contributed by atoms with Gasteiger partial charge in [-0.3, -0.25) is 4.79 Å². The molecule has 4 rings (SSSR count). The summed E-state index contributed by atoms with van der Waals surface area (Å²) < 4.78 is 28.0. The Hall–Kier alpha value is -2.44. The fourth-order valence-electron chi connectivity index (χ4n) is 4.69. The molecule has 1 fully saturated rings. The minimum atomic E-state index is -3.61. The minimum Gasteiger partial charge on any atom is -0.335 e. The molecular formula is C25H30N2O3S. The average Bonchev–Trinajstić information content (AvgIpc) is 2.79. The molecule has 2 atom stereocenters. The van der Waals surface area contributed by atoms with E-state index in [0.717, 1.165) is 12.8 Å². The zero-order chi connectivity index (χ0) is 22.0. The number of carbonyl (C=O) groups excluding carboxylic acids is 1. The van der Waals surface area contributed by atoms with Crippen LogP contribution >= 0.6 is 0 Å². The van der Waals surface area contributed by atoms with Crippen LogP contribution < -0.4 is 0 Å². The monoisotopic (exact) mass is 438 g/mol. The van der Waals surface area contributed by atoms with Gasteiger partial charge in [-0.2, -0.15) is 4.31 Å². The molecule has 1 amide bonds. The Morgan fingerprint density at radius 1 is 0.968 bits per heavy atom. The van der Waals surface area contributed by atoms with Gasteiger partial charge in [0.25, 0.3) is 5.91 Å². The standard InChI is InChI=1S/C25H30N2O3S/c1-19-15-20(2)18-27(17-19)31(29,30)24-10-6-9-23(16-24)25(28)26-13-11-22(12-14-26)21-7-4-3-5-8-21/h3-11,16,19-20H,12-15,17-18H2,1-2H3. The van der Waals surface area contributed by atoms with E-state index in [-0.39, 0.29) is 10.8 Å². The largest absolute Gasteiger partial charge is 0.335 e. The van der Waals surface area contributed by atoms with Crippen LogP contribution in [0.25, 0.3) is 5.57 Å². The molecule has 2 unspecified atom stereocenters. The average molecular weight is 439 g/mol. The number of rotatable bonds is 4. The van der Waals surface area contributed by atoms with Gasteiger partial charge < -0.3 is 4.90 Å². The summed E-state index contributed by atoms with van der Waals surface area (Å²) in [6, 6.07) is 16.7. The van der Waals surface area contributed by atoms with E-state index in [4.69, 9.17) is 0 Å². The van der Waals surface area contributed by atoms with Crippen LogP contribution in [-0.2, 0) is 10.0 Å². The van der Waals surface area contributed by atoms with Gasteiger partial charge in [-0.25, -0.2) is 8.42 Å². The van der Waals surface area contributed by atoms with Gasteiger partial charge in [0.1, 0.15) is 0 Å². The van der Waals surface area contributed by atoms with E-state index >= 15 is 0 Å². The Morgan fingerprint density at radius 2 is 1.68 bits per heavy atom. The third-order valence-corrected chi connectivity index (χ3v) is 8.02. The van der Waals surface area contributed by atoms with Gasteiger partial charge >= 0.3 is 0 Å². The molecule has 0 aromatic heterocycles. The fraction of sp³-hybridized carbons (Fsp3) is 0.400. The van der Waals surface area contributed by atoms with Crippen molar-refractivity contribution in [2.75, 3.05) is 26.2 Å². The number of benzene rings is 2. The van der Waals surface area contributed by atoms with Crippen molar-refractivity contribution in [1.82, 2.24) is 9.21 Å². The smallest absolute Gasteiger partial charge is 0.254 e. The second-order valence-corrected chi connectivity index (χ2v) is 10.8. The Labute approximate surface area is 185 Å². The normalized spacial score (nSPS) is 22.8. The van der Waals surface area contributed by atoms with Crippen LogP contribution in [0.2, 0.25) is 0 Å². The molecule has 2 aliphatic heterocycles. The molecule has 2 heterocycles. The lowest BCUT2D eigenvalue weighted by Crippen LogP contribution is -2.42. The third kappa shape index (κ3) is 4.75. The molecule has 164 valence electrons. The predicted octanol–water partition coefficient (Wildman–Crippen LogP) is 4.28. The number of sulfonamides is 1. The molecule has 2 aromatic carbocycles. The Balaban J connectivity index is 1.51. The molecule has 0 bridgehead atoms. The van der Waals surface area contributed by atoms with Gasteiger partial charge in [-0.1, -0.05) is 56.3 Å². The van der Waals surface area contributed by atoms with Crippen molar-refractivity contribution in [1.29, 1.82) is 0 Å². The lowest BCUT2D eigenvalue weighted by molar-refractivity contribution is 0.0772. The van der Waals surface area contributed by atoms with E-state index in [1.807, 2.05) is 18.2 Å². The first kappa shape index (κ1) is 21.8. The van der Waals surface area contributed by atoms with Gasteiger partial charge in [0, 0.05) is 31.7 Å². The van der Waals surface area contributed by atoms with E-state index in [1.165, 1.54) is 17.2 Å². The SMILES string of the molecule is CC1CC(C)CN(S(=O)(=O)c2cccc(C(=O)N3CC=C(c4ccccc4)CC3)c2)C1. The minimum absolute atomic E-state index is 0.124. The molecule has 6 heteroatoms. The quantitative estimate of drug-likeness (QED) is 0.716. The van der Waals surface area contributed by atoms with Crippen LogP contribution in [0.1, 0.15) is 42.6 Å². The summed E-state index contributed by atoms with van der Waals surface area (Å²) in [5.41, 5.74) is 2.86. The topological polar surface area (TPSA) is 57.7 Å². The summed E-state index contributed by atoms with van der Waals surface area (Å²) >= 11 is 0. The highest BCUT2D eigenvalue weighted by Gasteiger charge is 2.32. The molecule has 2 aromatic rings. The van der Waals surface area contributed by atoms with Crippen molar-refractivity contribution in [2.24, 2.45) is 11.8 Å². The molecule has 1 saturated heterocycles. The molecule has 0 radical (unpaired) electrons. The van der Waals surface area contributed by atoms with E-state index in [0.29, 0.717) is 43.6 Å². The van der Waals surface area contributed by atoms with Crippen molar-refractivity contribution in [3.05, 3.63) is 71.8 Å². The second-order valence-electron chi connectivity index (χ2n) is 8.89. The first-order valence-corrected chi connectivity index (χ1v) is 12.4. The maximum atomic E-state index is 13.2. The molecule has 5 nitrogen and oxygen atoms in total. The molecule has 0 spiro atoms. The van der Waals surface area contributed by atoms with Crippen molar-refractivity contribution in [3.8, 4) is 0 Å². The van der Waals surface area contributed by atoms with Gasteiger partial charge in [-0.15, -0.1) is 0 Å². The Bertz CT molecular complexity index is 1070. The summed E-state index contributed by atoms with van der Waals surface area (Å²) in [6.07, 6.45) is 3.92. The Kier molecular flexibility index (Phi) is 6.30. The number of carbonyl (C=O) groups is 1. The highest BCUT2D eigenvalue weighted by atomic mass is 32.2. The van der Waals surface area contributed by atoms with Gasteiger partial charge in [-0.05, 0) is 54.0 Å². The molecule has 31 heavy (non-hydrogen) atoms. The number of nitrogens with zero attached hydrogens (tertiary/aromatic N) is 2. The Morgan fingerprint density at radius 3 is 2.32 bits per heavy atom. The lowest BCUT2D eigenvalue weighted by Gasteiger charge is -2.34. The first-order chi connectivity index (χ1) is 14.8. The maximum absolute atomic E-state index is 13.2. The van der Waals surface area contributed by atoms with Gasteiger partial charge in [0.15, 0.2) is 0 Å². The predicted molar refractivity (Wildman–Crippen MR) is 123 cm³/mol. The van der Waals surface area contributed by atoms with E-state index < -0.39 is 10.0 Å². The van der Waals surface area contributed by atoms with Crippen molar-refractivity contribution in [3.63, 3.8) is 0 Å². The van der Waals surface area contributed by atoms with Crippen LogP contribution in [0, 0.1) is 11.8 Å². The summed E-state index contributed by atoms with van der Waals surface area (Å²) in [5, 5.41) is 0. The number of hydrogen-bond donors (Lipinski definition) is 0. The summed E-state index contributed by atoms with van der Waals surface area (Å²) in [5.74, 6) is 0.547. The molecule has 0 saturated carbocycles. The number of piperidine rings is 1. The third-order valence-electron chi connectivity index (χ3n) is 6.20. The van der Waals surface area contributed by atoms with Gasteiger partial charge in [0.2, 0.25) is 10.0 Å². The number of amides is 1. The molecule has 2 aliphatic rings. The van der Waals surface area contributed by atoms with E-state index in [1.54, 1.807) is 27.4 Å². The summed E-state index contributed by atoms with van der Waals surface area (Å²) in [4.78, 5) is 15.1. The van der Waals surface area contributed by atoms with Gasteiger partial charge in [0.05, 0.1) is 4.90 Å². The van der Waals surface area contributed by atoms with Crippen LogP contribution in [0.5, 0.6) is 0 Å². The lowest BCUT2D eigenvalue weighted by atomic mass is 9.94. The summed E-state index contributed by atoms with van der Waals surface area (Å²) in [7, 11) is -3.61. The van der Waals surface area contributed by atoms with Crippen molar-refractivity contribution in [2.45, 2.75) is 31.6 Å². The highest BCUT2D eigenvalue weighted by molar-refractivity contribution is 7.89. The zero-order valence-electron chi connectivity index (χ0n) is 18.2. The van der Waals surface area contributed by atoms with E-state index in [9.17, 15) is 13.2 Å². The van der Waals surface area contributed by atoms with Crippen LogP contribution in [-0.4, -0.2) is 49.7 Å². The van der Waals surface area contributed by atoms with Crippen molar-refractivity contribution < 1.29 is 13.2 Å². The van der Waals surface area contributed by atoms with E-state index in [2.05, 4.69) is 32.1 Å². The molecule has 0 aliphatic carbocycles. The fourth-order valence-corrected chi connectivity index (χ4v) is 6.42. The van der Waals surface area contributed by atoms with Crippen LogP contribution in [0.4, 0.5) is 0 Å². The molecular weight excluding hydrogens is 408 g/mol. The first-order valence-electron chi connectivity index (χ1n) is 11.0. The second kappa shape index (κ2) is 8.97. The van der Waals surface area contributed by atoms with Crippen LogP contribution in [0.3, 0.4) is 0 Å². The summed E-state index contributed by atoms with van der Waals surface area (Å²) in [6.45, 7) is 6.39. The number of hydrogen-bond acceptors (Lipinski definition) is 3. The van der Waals surface area contributed by atoms with Crippen LogP contribution in [0.15, 0.2) is 65.6 Å². The maximum Gasteiger partial charge on any atom is 0.254 e. The van der Waals surface area contributed by atoms with Crippen molar-refractivity contribution >= 4 is 21.5 Å². The molecule has 0 N–H and O–H groups in total. The highest BCUT2D eigenvalue weighted by Crippen LogP contribution is 2.28.